The van der Waals surface area contributed by atoms with Crippen LogP contribution in [0.3, 0.4) is 0 Å². The van der Waals surface area contributed by atoms with E-state index < -0.39 is 53.2 Å². The third-order valence-corrected chi connectivity index (χ3v) is 9.60. The molecule has 2 heterocycles. The molecule has 184 valence electrons. The van der Waals surface area contributed by atoms with E-state index in [1.807, 2.05) is 0 Å². The highest BCUT2D eigenvalue weighted by Crippen LogP contribution is 2.73. The SMILES string of the molecule is Nc1nc(Cl)nc2c1ncn2[C@]12C[C@H](O)[C@H](O)[C@@]1(COP(=O)(O)OP(=O)(O)OP(=O)(O)O)C2. The molecule has 0 bridgehead atoms. The Labute approximate surface area is 188 Å². The molecule has 6 atom stereocenters. The van der Waals surface area contributed by atoms with Crippen molar-refractivity contribution in [2.24, 2.45) is 5.41 Å². The predicted molar refractivity (Wildman–Crippen MR) is 106 cm³/mol. The monoisotopic (exact) mass is 551 g/mol. The van der Waals surface area contributed by atoms with Crippen molar-refractivity contribution in [3.63, 3.8) is 0 Å². The number of nitrogens with two attached hydrogens (primary N) is 1. The van der Waals surface area contributed by atoms with E-state index in [1.54, 1.807) is 0 Å². The first-order valence-corrected chi connectivity index (χ1v) is 13.7. The molecule has 0 aromatic carbocycles. The second-order valence-corrected chi connectivity index (χ2v) is 12.4. The summed E-state index contributed by atoms with van der Waals surface area (Å²) in [6.45, 7) is -0.789. The average molecular weight is 552 g/mol. The minimum atomic E-state index is -5.72. The Bertz CT molecular complexity index is 1270. The van der Waals surface area contributed by atoms with Crippen LogP contribution in [0, 0.1) is 5.41 Å². The zero-order valence-electron chi connectivity index (χ0n) is 16.1. The van der Waals surface area contributed by atoms with Crippen LogP contribution in [0.4, 0.5) is 5.82 Å². The minimum Gasteiger partial charge on any atom is -0.390 e. The fraction of sp³-hybridized carbons (Fsp3) is 0.583. The lowest BCUT2D eigenvalue weighted by Crippen LogP contribution is -2.34. The topological polar surface area (TPSA) is 270 Å². The second kappa shape index (κ2) is 7.73. The number of nitrogens with zero attached hydrogens (tertiary/aromatic N) is 4. The van der Waals surface area contributed by atoms with Gasteiger partial charge < -0.3 is 40.1 Å². The van der Waals surface area contributed by atoms with Crippen LogP contribution in [0.5, 0.6) is 0 Å². The maximum Gasteiger partial charge on any atom is 0.490 e. The van der Waals surface area contributed by atoms with E-state index in [4.69, 9.17) is 31.6 Å². The van der Waals surface area contributed by atoms with E-state index in [0.717, 1.165) is 0 Å². The van der Waals surface area contributed by atoms with Gasteiger partial charge in [0.2, 0.25) is 5.28 Å². The van der Waals surface area contributed by atoms with Gasteiger partial charge in [0.05, 0.1) is 30.7 Å². The van der Waals surface area contributed by atoms with Crippen molar-refractivity contribution in [3.05, 3.63) is 11.6 Å². The van der Waals surface area contributed by atoms with Gasteiger partial charge in [-0.3, -0.25) is 4.52 Å². The molecule has 2 saturated carbocycles. The molecule has 4 rings (SSSR count). The zero-order chi connectivity index (χ0) is 24.6. The molecule has 0 saturated heterocycles. The molecule has 21 heteroatoms. The molecular weight excluding hydrogens is 535 g/mol. The number of hydrogen-bond acceptors (Lipinski definition) is 12. The predicted octanol–water partition coefficient (Wildman–Crippen LogP) is -0.384. The molecule has 2 aromatic rings. The van der Waals surface area contributed by atoms with E-state index in [0.29, 0.717) is 0 Å². The number of fused-ring (bicyclic) bond motifs is 2. The fourth-order valence-electron chi connectivity index (χ4n) is 4.36. The molecule has 8 N–H and O–H groups in total. The maximum absolute atomic E-state index is 12.1. The lowest BCUT2D eigenvalue weighted by atomic mass is 10.00. The number of halogens is 1. The number of hydrogen-bond donors (Lipinski definition) is 7. The van der Waals surface area contributed by atoms with Crippen LogP contribution < -0.4 is 5.73 Å². The van der Waals surface area contributed by atoms with Crippen LogP contribution in [-0.2, 0) is 32.4 Å². The summed E-state index contributed by atoms with van der Waals surface area (Å²) in [7, 11) is -16.7. The highest BCUT2D eigenvalue weighted by Gasteiger charge is 2.79. The minimum absolute atomic E-state index is 0.0289. The van der Waals surface area contributed by atoms with Gasteiger partial charge in [-0.05, 0) is 18.0 Å². The Balaban J connectivity index is 1.61. The Morgan fingerprint density at radius 1 is 1.15 bits per heavy atom. The van der Waals surface area contributed by atoms with Crippen LogP contribution in [0.25, 0.3) is 11.2 Å². The van der Waals surface area contributed by atoms with Gasteiger partial charge >= 0.3 is 23.5 Å². The van der Waals surface area contributed by atoms with Crippen molar-refractivity contribution in [1.82, 2.24) is 19.5 Å². The lowest BCUT2D eigenvalue weighted by molar-refractivity contribution is -0.0186. The molecule has 2 aliphatic rings. The van der Waals surface area contributed by atoms with Crippen LogP contribution in [0.15, 0.2) is 6.33 Å². The average Bonchev–Trinajstić information content (AvgIpc) is 2.94. The second-order valence-electron chi connectivity index (χ2n) is 7.61. The number of anilines is 1. The normalized spacial score (nSPS) is 32.9. The molecule has 2 aliphatic carbocycles. The van der Waals surface area contributed by atoms with Crippen LogP contribution in [0.2, 0.25) is 5.28 Å². The molecule has 0 amide bonds. The molecule has 17 nitrogen and oxygen atoms in total. The summed E-state index contributed by atoms with van der Waals surface area (Å²) in [4.78, 5) is 48.2. The number of rotatable bonds is 8. The summed E-state index contributed by atoms with van der Waals surface area (Å²) in [6.07, 6.45) is -1.43. The molecule has 2 unspecified atom stereocenters. The summed E-state index contributed by atoms with van der Waals surface area (Å²) < 4.78 is 48.0. The van der Waals surface area contributed by atoms with Crippen LogP contribution >= 0.6 is 35.1 Å². The van der Waals surface area contributed by atoms with Gasteiger partial charge in [-0.1, -0.05) is 0 Å². The first-order valence-electron chi connectivity index (χ1n) is 8.82. The van der Waals surface area contributed by atoms with Gasteiger partial charge in [-0.25, -0.2) is 18.7 Å². The molecule has 0 aliphatic heterocycles. The summed E-state index contributed by atoms with van der Waals surface area (Å²) in [6, 6.07) is 0. The number of aromatic nitrogens is 4. The molecule has 0 radical (unpaired) electrons. The van der Waals surface area contributed by atoms with Crippen molar-refractivity contribution in [3.8, 4) is 0 Å². The number of phosphoric acid groups is 3. The van der Waals surface area contributed by atoms with Crippen molar-refractivity contribution >= 4 is 52.1 Å². The standard InChI is InChI=1S/C12H17ClN5O12P3/c13-10-16-8(14)6-9(17-10)18(4-15-6)12-1-5(19)7(20)11(12,2-12)3-28-32(24,25)30-33(26,27)29-31(21,22)23/h4-5,7,19-20H,1-3H2,(H,24,25)(H,26,27)(H2,14,16,17)(H2,21,22,23)/t5-,7-,11-,12-/m0/s1. The summed E-state index contributed by atoms with van der Waals surface area (Å²) in [5, 5.41) is 20.7. The smallest absolute Gasteiger partial charge is 0.390 e. The number of aliphatic hydroxyl groups excluding tert-OH is 2. The molecular formula is C12H17ClN5O12P3. The van der Waals surface area contributed by atoms with E-state index >= 15 is 0 Å². The molecule has 0 spiro atoms. The summed E-state index contributed by atoms with van der Waals surface area (Å²) in [5.74, 6) is -0.0289. The summed E-state index contributed by atoms with van der Waals surface area (Å²) >= 11 is 5.87. The molecule has 33 heavy (non-hydrogen) atoms. The Hall–Kier alpha value is -1.03. The van der Waals surface area contributed by atoms with Crippen molar-refractivity contribution in [2.75, 3.05) is 12.3 Å². The van der Waals surface area contributed by atoms with E-state index in [1.165, 1.54) is 10.9 Å². The fourth-order valence-corrected chi connectivity index (χ4v) is 7.62. The van der Waals surface area contributed by atoms with Gasteiger partial charge in [0.25, 0.3) is 0 Å². The third kappa shape index (κ3) is 4.39. The zero-order valence-corrected chi connectivity index (χ0v) is 19.5. The Morgan fingerprint density at radius 2 is 1.82 bits per heavy atom. The third-order valence-electron chi connectivity index (χ3n) is 5.65. The van der Waals surface area contributed by atoms with Crippen LogP contribution in [-0.4, -0.2) is 68.1 Å². The molecule has 2 aromatic heterocycles. The number of imidazole rings is 1. The van der Waals surface area contributed by atoms with Crippen LogP contribution in [0.1, 0.15) is 12.8 Å². The maximum atomic E-state index is 12.1. The van der Waals surface area contributed by atoms with E-state index in [-0.39, 0.29) is 35.1 Å². The Morgan fingerprint density at radius 3 is 2.45 bits per heavy atom. The highest BCUT2D eigenvalue weighted by molar-refractivity contribution is 7.66. The number of phosphoric ester groups is 1. The number of nitrogen functional groups attached to an aromatic ring is 1. The van der Waals surface area contributed by atoms with Crippen molar-refractivity contribution in [1.29, 1.82) is 0 Å². The van der Waals surface area contributed by atoms with E-state index in [9.17, 15) is 33.7 Å². The van der Waals surface area contributed by atoms with Gasteiger partial charge in [0.1, 0.15) is 5.52 Å². The van der Waals surface area contributed by atoms with Gasteiger partial charge in [0.15, 0.2) is 11.5 Å². The van der Waals surface area contributed by atoms with Gasteiger partial charge in [-0.2, -0.15) is 18.6 Å². The highest BCUT2D eigenvalue weighted by atomic mass is 35.5. The van der Waals surface area contributed by atoms with E-state index in [2.05, 4.69) is 23.6 Å². The number of aliphatic hydroxyl groups is 2. The van der Waals surface area contributed by atoms with Gasteiger partial charge in [-0.15, -0.1) is 0 Å². The first-order chi connectivity index (χ1) is 15.0. The van der Waals surface area contributed by atoms with Gasteiger partial charge in [0, 0.05) is 11.8 Å². The molecule has 2 fully saturated rings. The van der Waals surface area contributed by atoms with Crippen molar-refractivity contribution < 1.29 is 56.6 Å². The lowest BCUT2D eigenvalue weighted by Gasteiger charge is -2.24. The Kier molecular flexibility index (Phi) is 5.88. The first kappa shape index (κ1) is 25.1. The largest absolute Gasteiger partial charge is 0.490 e. The quantitative estimate of drug-likeness (QED) is 0.162. The summed E-state index contributed by atoms with van der Waals surface area (Å²) in [5.41, 5.74) is 3.60. The van der Waals surface area contributed by atoms with Crippen molar-refractivity contribution in [2.45, 2.75) is 30.6 Å².